The van der Waals surface area contributed by atoms with Crippen molar-refractivity contribution >= 4 is 15.9 Å². The van der Waals surface area contributed by atoms with Gasteiger partial charge in [0.15, 0.2) is 0 Å². The van der Waals surface area contributed by atoms with Crippen LogP contribution in [0, 0.1) is 16.7 Å². The third-order valence-corrected chi connectivity index (χ3v) is 10.8. The molecule has 2 aliphatic carbocycles. The zero-order chi connectivity index (χ0) is 21.3. The van der Waals surface area contributed by atoms with E-state index in [-0.39, 0.29) is 34.4 Å². The maximum absolute atomic E-state index is 14.1. The molecule has 2 bridgehead atoms. The zero-order valence-corrected chi connectivity index (χ0v) is 18.9. The van der Waals surface area contributed by atoms with Gasteiger partial charge in [0.2, 0.25) is 10.0 Å². The molecule has 162 valence electrons. The Labute approximate surface area is 180 Å². The van der Waals surface area contributed by atoms with Gasteiger partial charge in [0.25, 0.3) is 5.91 Å². The van der Waals surface area contributed by atoms with Gasteiger partial charge in [-0.25, -0.2) is 12.7 Å². The van der Waals surface area contributed by atoms with E-state index in [9.17, 15) is 13.2 Å². The van der Waals surface area contributed by atoms with Gasteiger partial charge in [-0.2, -0.15) is 0 Å². The van der Waals surface area contributed by atoms with Crippen molar-refractivity contribution in [1.29, 1.82) is 0 Å². The van der Waals surface area contributed by atoms with Crippen LogP contribution in [-0.2, 0) is 14.8 Å². The Balaban J connectivity index is 1.56. The van der Waals surface area contributed by atoms with Crippen molar-refractivity contribution < 1.29 is 13.2 Å². The molecule has 1 spiro atoms. The van der Waals surface area contributed by atoms with Crippen molar-refractivity contribution in [2.75, 3.05) is 19.3 Å². The number of sulfonamides is 1. The minimum Gasteiger partial charge on any atom is -0.294 e. The first kappa shape index (κ1) is 20.3. The summed E-state index contributed by atoms with van der Waals surface area (Å²) in [5.74, 6) is 0.250. The summed E-state index contributed by atoms with van der Waals surface area (Å²) in [7, 11) is -1.66. The number of fused-ring (bicyclic) bond motifs is 1. The standard InChI is InChI=1S/C24H32N2O3S/c1-23(2)18-12-13-24(23)16-30(28,29)26(20(24)15-18)22(27)21-19(11-7-8-14-25(21)3)17-9-5-4-6-10-17/h4-7,9-11,18-21H,8,12-16H2,1-3H3/t18-,19-,20-,21+,24-/m0/s1. The Kier molecular flexibility index (Phi) is 4.50. The first-order valence-electron chi connectivity index (χ1n) is 11.2. The average molecular weight is 429 g/mol. The number of nitrogens with zero attached hydrogens (tertiary/aromatic N) is 2. The highest BCUT2D eigenvalue weighted by Gasteiger charge is 2.72. The van der Waals surface area contributed by atoms with E-state index in [0.29, 0.717) is 5.92 Å². The molecular formula is C24H32N2O3S. The van der Waals surface area contributed by atoms with Crippen molar-refractivity contribution in [3.8, 4) is 0 Å². The summed E-state index contributed by atoms with van der Waals surface area (Å²) in [4.78, 5) is 16.1. The molecule has 6 heteroatoms. The number of hydrogen-bond acceptors (Lipinski definition) is 4. The van der Waals surface area contributed by atoms with E-state index < -0.39 is 16.1 Å². The van der Waals surface area contributed by atoms with Crippen molar-refractivity contribution in [1.82, 2.24) is 9.21 Å². The summed E-state index contributed by atoms with van der Waals surface area (Å²) in [5.41, 5.74) is 0.738. The maximum atomic E-state index is 14.1. The molecule has 0 N–H and O–H groups in total. The van der Waals surface area contributed by atoms with Crippen LogP contribution in [0.5, 0.6) is 0 Å². The Bertz CT molecular complexity index is 987. The number of carbonyl (C=O) groups excluding carboxylic acids is 1. The van der Waals surface area contributed by atoms with Gasteiger partial charge < -0.3 is 0 Å². The van der Waals surface area contributed by atoms with Crippen LogP contribution in [0.3, 0.4) is 0 Å². The molecule has 5 atom stereocenters. The maximum Gasteiger partial charge on any atom is 0.254 e. The third kappa shape index (κ3) is 2.62. The fourth-order valence-corrected chi connectivity index (χ4v) is 9.62. The first-order chi connectivity index (χ1) is 14.2. The van der Waals surface area contributed by atoms with Crippen LogP contribution in [0.25, 0.3) is 0 Å². The number of rotatable bonds is 2. The smallest absolute Gasteiger partial charge is 0.254 e. The molecule has 5 rings (SSSR count). The van der Waals surface area contributed by atoms with Gasteiger partial charge in [-0.15, -0.1) is 0 Å². The number of amides is 1. The molecule has 2 aliphatic heterocycles. The van der Waals surface area contributed by atoms with E-state index in [1.165, 1.54) is 4.31 Å². The van der Waals surface area contributed by atoms with Gasteiger partial charge in [0, 0.05) is 17.9 Å². The molecule has 2 saturated carbocycles. The van der Waals surface area contributed by atoms with Crippen LogP contribution < -0.4 is 0 Å². The largest absolute Gasteiger partial charge is 0.294 e. The normalized spacial score (nSPS) is 39.1. The van der Waals surface area contributed by atoms with Crippen LogP contribution in [0.15, 0.2) is 42.5 Å². The van der Waals surface area contributed by atoms with E-state index in [4.69, 9.17) is 0 Å². The molecule has 1 aromatic rings. The van der Waals surface area contributed by atoms with Gasteiger partial charge in [0.05, 0.1) is 11.8 Å². The summed E-state index contributed by atoms with van der Waals surface area (Å²) in [6.45, 7) is 5.19. The lowest BCUT2D eigenvalue weighted by Crippen LogP contribution is -2.53. The molecular weight excluding hydrogens is 396 g/mol. The highest BCUT2D eigenvalue weighted by molar-refractivity contribution is 7.90. The lowest BCUT2D eigenvalue weighted by Gasteiger charge is -2.39. The minimum absolute atomic E-state index is 0.0339. The highest BCUT2D eigenvalue weighted by atomic mass is 32.2. The summed E-state index contributed by atoms with van der Waals surface area (Å²) < 4.78 is 28.2. The molecule has 0 radical (unpaired) electrons. The second-order valence-corrected chi connectivity index (χ2v) is 12.2. The molecule has 5 nitrogen and oxygen atoms in total. The number of hydrogen-bond donors (Lipinski definition) is 0. The molecule has 1 aromatic carbocycles. The van der Waals surface area contributed by atoms with Crippen molar-refractivity contribution in [2.45, 2.75) is 57.5 Å². The number of carbonyl (C=O) groups is 1. The molecule has 30 heavy (non-hydrogen) atoms. The topological polar surface area (TPSA) is 57.7 Å². The van der Waals surface area contributed by atoms with Gasteiger partial charge in [-0.3, -0.25) is 9.69 Å². The Morgan fingerprint density at radius 2 is 1.90 bits per heavy atom. The molecule has 0 unspecified atom stereocenters. The fraction of sp³-hybridized carbons (Fsp3) is 0.625. The third-order valence-electron chi connectivity index (χ3n) is 8.87. The van der Waals surface area contributed by atoms with Crippen LogP contribution in [0.1, 0.15) is 51.0 Å². The van der Waals surface area contributed by atoms with Crippen LogP contribution in [0.2, 0.25) is 0 Å². The molecule has 0 aromatic heterocycles. The van der Waals surface area contributed by atoms with Crippen molar-refractivity contribution in [2.24, 2.45) is 16.7 Å². The quantitative estimate of drug-likeness (QED) is 0.678. The van der Waals surface area contributed by atoms with Gasteiger partial charge in [0.1, 0.15) is 6.04 Å². The predicted octanol–water partition coefficient (Wildman–Crippen LogP) is 3.40. The minimum atomic E-state index is -3.62. The summed E-state index contributed by atoms with van der Waals surface area (Å²) in [6, 6.07) is 9.32. The van der Waals surface area contributed by atoms with E-state index in [1.54, 1.807) is 0 Å². The zero-order valence-electron chi connectivity index (χ0n) is 18.1. The molecule has 3 fully saturated rings. The number of benzene rings is 1. The number of likely N-dealkylation sites (N-methyl/N-ethyl adjacent to an activating group) is 1. The first-order valence-corrected chi connectivity index (χ1v) is 12.8. The average Bonchev–Trinajstić information content (AvgIpc) is 3.08. The summed E-state index contributed by atoms with van der Waals surface area (Å²) >= 11 is 0. The van der Waals surface area contributed by atoms with Gasteiger partial charge >= 0.3 is 0 Å². The second kappa shape index (κ2) is 6.67. The Hall–Kier alpha value is -1.66. The van der Waals surface area contributed by atoms with Crippen molar-refractivity contribution in [3.63, 3.8) is 0 Å². The molecule has 4 aliphatic rings. The van der Waals surface area contributed by atoms with Crippen LogP contribution in [0.4, 0.5) is 0 Å². The van der Waals surface area contributed by atoms with Crippen molar-refractivity contribution in [3.05, 3.63) is 48.0 Å². The summed E-state index contributed by atoms with van der Waals surface area (Å²) in [5, 5.41) is 0. The molecule has 1 saturated heterocycles. The predicted molar refractivity (Wildman–Crippen MR) is 117 cm³/mol. The van der Waals surface area contributed by atoms with Gasteiger partial charge in [-0.05, 0) is 49.6 Å². The fourth-order valence-electron chi connectivity index (χ4n) is 7.06. The van der Waals surface area contributed by atoms with E-state index in [0.717, 1.165) is 37.8 Å². The highest BCUT2D eigenvalue weighted by Crippen LogP contribution is 2.70. The van der Waals surface area contributed by atoms with E-state index in [1.807, 2.05) is 37.4 Å². The van der Waals surface area contributed by atoms with E-state index in [2.05, 4.69) is 30.9 Å². The monoisotopic (exact) mass is 428 g/mol. The molecule has 1 amide bonds. The second-order valence-electron chi connectivity index (χ2n) is 10.3. The Morgan fingerprint density at radius 3 is 2.60 bits per heavy atom. The summed E-state index contributed by atoms with van der Waals surface area (Å²) in [6.07, 6.45) is 7.91. The lowest BCUT2D eigenvalue weighted by atomic mass is 9.69. The SMILES string of the molecule is CN1CCC=C[C@@H](c2ccccc2)[C@@H]1C(=O)N1[C@H]2C[C@@H]3CC[C@@]2(CS1(=O)=O)C3(C)C. The van der Waals surface area contributed by atoms with Gasteiger partial charge in [-0.1, -0.05) is 56.3 Å². The molecule has 2 heterocycles. The lowest BCUT2D eigenvalue weighted by molar-refractivity contribution is -0.134. The Morgan fingerprint density at radius 1 is 1.17 bits per heavy atom. The van der Waals surface area contributed by atoms with E-state index >= 15 is 0 Å². The van der Waals surface area contributed by atoms with Crippen LogP contribution >= 0.6 is 0 Å². The van der Waals surface area contributed by atoms with Crippen LogP contribution in [-0.4, -0.2) is 55.0 Å².